The standard InChI is InChI=1S/C16H22ClN3S/c1-4-11-10-12-13(18-15(17)19-14(12)21-11)20-8-5-6-16(2,3)7-9-20/h10H,4-9H2,1-3H3. The number of thiophene rings is 1. The number of aromatic nitrogens is 2. The summed E-state index contributed by atoms with van der Waals surface area (Å²) in [4.78, 5) is 13.7. The fraction of sp³-hybridized carbons (Fsp3) is 0.625. The number of halogens is 1. The minimum absolute atomic E-state index is 0.366. The first kappa shape index (κ1) is 15.0. The molecule has 0 saturated carbocycles. The Morgan fingerprint density at radius 2 is 2.10 bits per heavy atom. The summed E-state index contributed by atoms with van der Waals surface area (Å²) in [7, 11) is 0. The number of anilines is 1. The van der Waals surface area contributed by atoms with Crippen LogP contribution in [0.25, 0.3) is 10.2 Å². The summed E-state index contributed by atoms with van der Waals surface area (Å²) in [6.07, 6.45) is 4.71. The van der Waals surface area contributed by atoms with Crippen molar-refractivity contribution in [2.75, 3.05) is 18.0 Å². The van der Waals surface area contributed by atoms with Gasteiger partial charge < -0.3 is 4.90 Å². The predicted octanol–water partition coefficient (Wildman–Crippen LogP) is 4.92. The van der Waals surface area contributed by atoms with E-state index in [0.29, 0.717) is 10.7 Å². The second-order valence-electron chi connectivity index (χ2n) is 6.61. The molecule has 0 aromatic carbocycles. The van der Waals surface area contributed by atoms with Crippen molar-refractivity contribution in [1.82, 2.24) is 9.97 Å². The number of rotatable bonds is 2. The average molecular weight is 324 g/mol. The lowest BCUT2D eigenvalue weighted by Gasteiger charge is -2.24. The van der Waals surface area contributed by atoms with Crippen LogP contribution in [0.3, 0.4) is 0 Å². The van der Waals surface area contributed by atoms with Gasteiger partial charge in [0, 0.05) is 18.0 Å². The highest BCUT2D eigenvalue weighted by molar-refractivity contribution is 7.18. The number of fused-ring (bicyclic) bond motifs is 1. The molecule has 5 heteroatoms. The second kappa shape index (κ2) is 5.73. The van der Waals surface area contributed by atoms with Gasteiger partial charge in [-0.15, -0.1) is 11.3 Å². The molecule has 2 aromatic heterocycles. The van der Waals surface area contributed by atoms with Crippen LogP contribution in [0.2, 0.25) is 5.28 Å². The molecule has 3 heterocycles. The third-order valence-corrected chi connectivity index (χ3v) is 5.73. The lowest BCUT2D eigenvalue weighted by Crippen LogP contribution is -2.26. The highest BCUT2D eigenvalue weighted by Crippen LogP contribution is 2.36. The lowest BCUT2D eigenvalue weighted by molar-refractivity contribution is 0.325. The Labute approximate surface area is 135 Å². The van der Waals surface area contributed by atoms with Gasteiger partial charge in [-0.25, -0.2) is 4.98 Å². The molecule has 0 bridgehead atoms. The Hall–Kier alpha value is -0.870. The Kier molecular flexibility index (Phi) is 4.10. The van der Waals surface area contributed by atoms with E-state index < -0.39 is 0 Å². The fourth-order valence-corrected chi connectivity index (χ4v) is 4.16. The third kappa shape index (κ3) is 3.16. The van der Waals surface area contributed by atoms with Crippen LogP contribution in [0.15, 0.2) is 6.07 Å². The van der Waals surface area contributed by atoms with Crippen molar-refractivity contribution in [3.8, 4) is 0 Å². The summed E-state index contributed by atoms with van der Waals surface area (Å²) >= 11 is 7.88. The smallest absolute Gasteiger partial charge is 0.225 e. The first-order valence-electron chi connectivity index (χ1n) is 7.69. The molecular formula is C16H22ClN3S. The van der Waals surface area contributed by atoms with E-state index in [0.717, 1.165) is 30.2 Å². The van der Waals surface area contributed by atoms with Crippen molar-refractivity contribution in [3.63, 3.8) is 0 Å². The summed E-state index contributed by atoms with van der Waals surface area (Å²) in [6.45, 7) is 9.00. The molecule has 0 N–H and O–H groups in total. The van der Waals surface area contributed by atoms with Gasteiger partial charge in [0.25, 0.3) is 0 Å². The Morgan fingerprint density at radius 1 is 1.29 bits per heavy atom. The maximum absolute atomic E-state index is 6.15. The van der Waals surface area contributed by atoms with Crippen LogP contribution in [0.1, 0.15) is 44.9 Å². The van der Waals surface area contributed by atoms with Gasteiger partial charge in [0.05, 0.1) is 5.39 Å². The molecule has 3 rings (SSSR count). The second-order valence-corrected chi connectivity index (χ2v) is 8.06. The van der Waals surface area contributed by atoms with E-state index in [4.69, 9.17) is 11.6 Å². The van der Waals surface area contributed by atoms with E-state index in [1.165, 1.54) is 29.5 Å². The van der Waals surface area contributed by atoms with Crippen molar-refractivity contribution >= 4 is 39.0 Å². The Morgan fingerprint density at radius 3 is 2.86 bits per heavy atom. The van der Waals surface area contributed by atoms with Gasteiger partial charge in [0.1, 0.15) is 10.6 Å². The maximum atomic E-state index is 6.15. The van der Waals surface area contributed by atoms with Crippen LogP contribution in [0.4, 0.5) is 5.82 Å². The minimum Gasteiger partial charge on any atom is -0.356 e. The first-order chi connectivity index (χ1) is 9.98. The Bertz CT molecular complexity index is 650. The molecule has 2 aromatic rings. The largest absolute Gasteiger partial charge is 0.356 e. The summed E-state index contributed by atoms with van der Waals surface area (Å²) in [5, 5.41) is 1.53. The molecule has 0 amide bonds. The fourth-order valence-electron chi connectivity index (χ4n) is 2.98. The van der Waals surface area contributed by atoms with Crippen LogP contribution >= 0.6 is 22.9 Å². The monoisotopic (exact) mass is 323 g/mol. The van der Waals surface area contributed by atoms with Gasteiger partial charge >= 0.3 is 0 Å². The molecule has 1 fully saturated rings. The van der Waals surface area contributed by atoms with Gasteiger partial charge in [-0.2, -0.15) is 4.98 Å². The van der Waals surface area contributed by atoms with Gasteiger partial charge in [-0.1, -0.05) is 20.8 Å². The van der Waals surface area contributed by atoms with E-state index in [9.17, 15) is 0 Å². The lowest BCUT2D eigenvalue weighted by atomic mass is 9.85. The zero-order chi connectivity index (χ0) is 15.0. The molecule has 0 unspecified atom stereocenters. The molecule has 21 heavy (non-hydrogen) atoms. The number of nitrogens with zero attached hydrogens (tertiary/aromatic N) is 3. The van der Waals surface area contributed by atoms with Crippen molar-refractivity contribution in [2.24, 2.45) is 5.41 Å². The highest BCUT2D eigenvalue weighted by Gasteiger charge is 2.25. The SMILES string of the molecule is CCc1cc2c(N3CCCC(C)(C)CC3)nc(Cl)nc2s1. The molecule has 0 radical (unpaired) electrons. The topological polar surface area (TPSA) is 29.0 Å². The van der Waals surface area contributed by atoms with Crippen molar-refractivity contribution < 1.29 is 0 Å². The van der Waals surface area contributed by atoms with Crippen molar-refractivity contribution in [1.29, 1.82) is 0 Å². The van der Waals surface area contributed by atoms with Crippen LogP contribution in [0.5, 0.6) is 0 Å². The highest BCUT2D eigenvalue weighted by atomic mass is 35.5. The zero-order valence-corrected chi connectivity index (χ0v) is 14.5. The van der Waals surface area contributed by atoms with Crippen molar-refractivity contribution in [2.45, 2.75) is 46.5 Å². The normalized spacial score (nSPS) is 19.0. The molecular weight excluding hydrogens is 302 g/mol. The summed E-state index contributed by atoms with van der Waals surface area (Å²) in [6, 6.07) is 2.24. The predicted molar refractivity (Wildman–Crippen MR) is 91.6 cm³/mol. The molecule has 0 atom stereocenters. The zero-order valence-electron chi connectivity index (χ0n) is 12.9. The molecule has 1 aliphatic rings. The summed E-state index contributed by atoms with van der Waals surface area (Å²) in [5.74, 6) is 1.03. The van der Waals surface area contributed by atoms with E-state index >= 15 is 0 Å². The third-order valence-electron chi connectivity index (χ3n) is 4.38. The van der Waals surface area contributed by atoms with Crippen LogP contribution < -0.4 is 4.90 Å². The number of hydrogen-bond donors (Lipinski definition) is 0. The summed E-state index contributed by atoms with van der Waals surface area (Å²) in [5.41, 5.74) is 0.425. The van der Waals surface area contributed by atoms with E-state index in [1.54, 1.807) is 11.3 Å². The summed E-state index contributed by atoms with van der Waals surface area (Å²) < 4.78 is 0. The maximum Gasteiger partial charge on any atom is 0.225 e. The molecule has 3 nitrogen and oxygen atoms in total. The van der Waals surface area contributed by atoms with E-state index in [2.05, 4.69) is 41.7 Å². The van der Waals surface area contributed by atoms with E-state index in [1.807, 2.05) is 0 Å². The van der Waals surface area contributed by atoms with E-state index in [-0.39, 0.29) is 0 Å². The molecule has 0 spiro atoms. The van der Waals surface area contributed by atoms with Crippen LogP contribution in [-0.2, 0) is 6.42 Å². The quantitative estimate of drug-likeness (QED) is 0.734. The van der Waals surface area contributed by atoms with Crippen LogP contribution in [0, 0.1) is 5.41 Å². The van der Waals surface area contributed by atoms with Gasteiger partial charge in [-0.3, -0.25) is 0 Å². The first-order valence-corrected chi connectivity index (χ1v) is 8.89. The number of aryl methyl sites for hydroxylation is 1. The van der Waals surface area contributed by atoms with Gasteiger partial charge in [0.15, 0.2) is 0 Å². The van der Waals surface area contributed by atoms with Crippen molar-refractivity contribution in [3.05, 3.63) is 16.2 Å². The molecule has 114 valence electrons. The molecule has 1 saturated heterocycles. The average Bonchev–Trinajstić information content (AvgIpc) is 2.75. The minimum atomic E-state index is 0.366. The van der Waals surface area contributed by atoms with Crippen LogP contribution in [-0.4, -0.2) is 23.1 Å². The molecule has 0 aliphatic carbocycles. The van der Waals surface area contributed by atoms with Gasteiger partial charge in [0.2, 0.25) is 5.28 Å². The van der Waals surface area contributed by atoms with Gasteiger partial charge in [-0.05, 0) is 48.8 Å². The number of hydrogen-bond acceptors (Lipinski definition) is 4. The molecule has 1 aliphatic heterocycles. The Balaban J connectivity index is 2.00.